The van der Waals surface area contributed by atoms with Gasteiger partial charge in [-0.1, -0.05) is 41.5 Å². The molecule has 0 aromatic rings. The summed E-state index contributed by atoms with van der Waals surface area (Å²) in [6, 6.07) is 0. The minimum absolute atomic E-state index is 0.0129. The van der Waals surface area contributed by atoms with E-state index in [0.717, 1.165) is 0 Å². The lowest BCUT2D eigenvalue weighted by molar-refractivity contribution is -0.136. The van der Waals surface area contributed by atoms with Gasteiger partial charge in [0.05, 0.1) is 6.54 Å². The van der Waals surface area contributed by atoms with Gasteiger partial charge in [-0.3, -0.25) is 14.4 Å². The summed E-state index contributed by atoms with van der Waals surface area (Å²) in [6.45, 7) is 12.7. The molecular weight excluding hydrogens is 254 g/mol. The second-order valence-electron chi connectivity index (χ2n) is 6.83. The molecule has 0 saturated carbocycles. The van der Waals surface area contributed by atoms with Gasteiger partial charge in [0.15, 0.2) is 5.78 Å². The lowest BCUT2D eigenvalue weighted by atomic mass is 9.70. The number of Topliss-reactive ketones (excluding diaryl/α,β-unsaturated/α-hetero) is 2. The molecule has 0 rings (SSSR count). The van der Waals surface area contributed by atoms with Crippen LogP contribution < -0.4 is 5.32 Å². The molecule has 116 valence electrons. The smallest absolute Gasteiger partial charge is 0.226 e. The Morgan fingerprint density at radius 2 is 1.60 bits per heavy atom. The lowest BCUT2D eigenvalue weighted by Crippen LogP contribution is -2.44. The van der Waals surface area contributed by atoms with Crippen LogP contribution in [0.4, 0.5) is 0 Å². The average Bonchev–Trinajstić information content (AvgIpc) is 2.34. The van der Waals surface area contributed by atoms with Crippen molar-refractivity contribution < 1.29 is 14.4 Å². The molecule has 4 heteroatoms. The van der Waals surface area contributed by atoms with E-state index in [-0.39, 0.29) is 29.9 Å². The van der Waals surface area contributed by atoms with Gasteiger partial charge in [-0.2, -0.15) is 0 Å². The van der Waals surface area contributed by atoms with Crippen molar-refractivity contribution in [3.05, 3.63) is 0 Å². The molecule has 0 aliphatic heterocycles. The number of carbonyl (C=O) groups is 3. The number of nitrogens with one attached hydrogen (secondary N) is 1. The summed E-state index contributed by atoms with van der Waals surface area (Å²) in [7, 11) is 0. The summed E-state index contributed by atoms with van der Waals surface area (Å²) >= 11 is 0. The molecule has 0 bridgehead atoms. The van der Waals surface area contributed by atoms with Gasteiger partial charge in [0.25, 0.3) is 0 Å². The molecule has 0 spiro atoms. The van der Waals surface area contributed by atoms with Crippen LogP contribution in [0.15, 0.2) is 0 Å². The SMILES string of the molecule is CCC(C)(CC(C)(C)C(=O)NCC(=O)C(C)C)C(C)=O. The molecule has 1 atom stereocenters. The van der Waals surface area contributed by atoms with Gasteiger partial charge in [0.1, 0.15) is 5.78 Å². The zero-order chi connectivity index (χ0) is 16.1. The van der Waals surface area contributed by atoms with E-state index >= 15 is 0 Å². The second kappa shape index (κ2) is 7.00. The third-order valence-electron chi connectivity index (χ3n) is 4.14. The van der Waals surface area contributed by atoms with Crippen molar-refractivity contribution in [2.24, 2.45) is 16.7 Å². The first-order chi connectivity index (χ1) is 8.96. The second-order valence-corrected chi connectivity index (χ2v) is 6.83. The molecule has 0 aliphatic rings. The Kier molecular flexibility index (Phi) is 6.59. The number of hydrogen-bond donors (Lipinski definition) is 1. The summed E-state index contributed by atoms with van der Waals surface area (Å²) in [4.78, 5) is 35.6. The molecular formula is C16H29NO3. The summed E-state index contributed by atoms with van der Waals surface area (Å²) in [6.07, 6.45) is 1.18. The predicted molar refractivity (Wildman–Crippen MR) is 80.3 cm³/mol. The quantitative estimate of drug-likeness (QED) is 0.745. The van der Waals surface area contributed by atoms with Crippen LogP contribution in [0.5, 0.6) is 0 Å². The Balaban J connectivity index is 4.75. The van der Waals surface area contributed by atoms with E-state index in [9.17, 15) is 14.4 Å². The molecule has 0 radical (unpaired) electrons. The van der Waals surface area contributed by atoms with Crippen LogP contribution in [-0.4, -0.2) is 24.0 Å². The monoisotopic (exact) mass is 283 g/mol. The Morgan fingerprint density at radius 3 is 1.95 bits per heavy atom. The molecule has 0 fully saturated rings. The first-order valence-electron chi connectivity index (χ1n) is 7.28. The van der Waals surface area contributed by atoms with Crippen molar-refractivity contribution in [1.29, 1.82) is 0 Å². The van der Waals surface area contributed by atoms with Gasteiger partial charge in [-0.05, 0) is 19.8 Å². The van der Waals surface area contributed by atoms with Crippen LogP contribution in [0, 0.1) is 16.7 Å². The first-order valence-corrected chi connectivity index (χ1v) is 7.28. The standard InChI is InChI=1S/C16H29NO3/c1-8-16(7,12(4)18)10-15(5,6)14(20)17-9-13(19)11(2)3/h11H,8-10H2,1-7H3,(H,17,20). The van der Waals surface area contributed by atoms with Gasteiger partial charge in [-0.25, -0.2) is 0 Å². The molecule has 0 saturated heterocycles. The summed E-state index contributed by atoms with van der Waals surface area (Å²) in [5, 5.41) is 2.69. The van der Waals surface area contributed by atoms with Crippen LogP contribution in [0.1, 0.15) is 61.3 Å². The highest BCUT2D eigenvalue weighted by atomic mass is 16.2. The number of carbonyl (C=O) groups excluding carboxylic acids is 3. The summed E-state index contributed by atoms with van der Waals surface area (Å²) in [5.41, 5.74) is -1.17. The van der Waals surface area contributed by atoms with Crippen molar-refractivity contribution in [1.82, 2.24) is 5.32 Å². The fourth-order valence-electron chi connectivity index (χ4n) is 2.16. The molecule has 1 amide bonds. The van der Waals surface area contributed by atoms with E-state index in [0.29, 0.717) is 12.8 Å². The number of hydrogen-bond acceptors (Lipinski definition) is 3. The van der Waals surface area contributed by atoms with Crippen LogP contribution in [-0.2, 0) is 14.4 Å². The maximum absolute atomic E-state index is 12.2. The third kappa shape index (κ3) is 5.06. The van der Waals surface area contributed by atoms with E-state index in [1.165, 1.54) is 0 Å². The summed E-state index contributed by atoms with van der Waals surface area (Å²) in [5.74, 6) is -0.151. The van der Waals surface area contributed by atoms with Gasteiger partial charge in [0, 0.05) is 16.7 Å². The lowest BCUT2D eigenvalue weighted by Gasteiger charge is -2.34. The van der Waals surface area contributed by atoms with E-state index in [1.54, 1.807) is 6.92 Å². The predicted octanol–water partition coefficient (Wildman–Crippen LogP) is 2.75. The van der Waals surface area contributed by atoms with E-state index in [1.807, 2.05) is 41.5 Å². The Labute approximate surface area is 122 Å². The Bertz CT molecular complexity index is 385. The molecule has 0 aromatic heterocycles. The molecule has 0 aliphatic carbocycles. The molecule has 20 heavy (non-hydrogen) atoms. The zero-order valence-corrected chi connectivity index (χ0v) is 13.9. The van der Waals surface area contributed by atoms with Crippen LogP contribution >= 0.6 is 0 Å². The highest BCUT2D eigenvalue weighted by molar-refractivity contribution is 5.90. The molecule has 0 aromatic carbocycles. The van der Waals surface area contributed by atoms with Crippen molar-refractivity contribution in [2.45, 2.75) is 61.3 Å². The van der Waals surface area contributed by atoms with Gasteiger partial charge in [-0.15, -0.1) is 0 Å². The van der Waals surface area contributed by atoms with Crippen molar-refractivity contribution in [2.75, 3.05) is 6.54 Å². The Morgan fingerprint density at radius 1 is 1.10 bits per heavy atom. The normalized spacial score (nSPS) is 14.8. The highest BCUT2D eigenvalue weighted by Crippen LogP contribution is 2.37. The van der Waals surface area contributed by atoms with Crippen molar-refractivity contribution in [3.8, 4) is 0 Å². The third-order valence-corrected chi connectivity index (χ3v) is 4.14. The fourth-order valence-corrected chi connectivity index (χ4v) is 2.16. The van der Waals surface area contributed by atoms with Gasteiger partial charge >= 0.3 is 0 Å². The summed E-state index contributed by atoms with van der Waals surface area (Å²) < 4.78 is 0. The highest BCUT2D eigenvalue weighted by Gasteiger charge is 2.39. The fraction of sp³-hybridized carbons (Fsp3) is 0.812. The van der Waals surface area contributed by atoms with Crippen molar-refractivity contribution >= 4 is 17.5 Å². The van der Waals surface area contributed by atoms with Crippen molar-refractivity contribution in [3.63, 3.8) is 0 Å². The molecule has 0 heterocycles. The topological polar surface area (TPSA) is 63.2 Å². The van der Waals surface area contributed by atoms with Crippen LogP contribution in [0.2, 0.25) is 0 Å². The number of rotatable bonds is 8. The minimum Gasteiger partial charge on any atom is -0.349 e. The molecule has 1 N–H and O–H groups in total. The molecule has 4 nitrogen and oxygen atoms in total. The van der Waals surface area contributed by atoms with E-state index in [4.69, 9.17) is 0 Å². The first kappa shape index (κ1) is 18.8. The zero-order valence-electron chi connectivity index (χ0n) is 13.9. The molecule has 1 unspecified atom stereocenters. The van der Waals surface area contributed by atoms with Gasteiger partial charge < -0.3 is 5.32 Å². The maximum atomic E-state index is 12.2. The largest absolute Gasteiger partial charge is 0.349 e. The maximum Gasteiger partial charge on any atom is 0.226 e. The van der Waals surface area contributed by atoms with E-state index < -0.39 is 10.8 Å². The Hall–Kier alpha value is -1.19. The van der Waals surface area contributed by atoms with Gasteiger partial charge in [0.2, 0.25) is 5.91 Å². The number of amides is 1. The number of ketones is 2. The van der Waals surface area contributed by atoms with Crippen LogP contribution in [0.3, 0.4) is 0 Å². The minimum atomic E-state index is -0.673. The van der Waals surface area contributed by atoms with E-state index in [2.05, 4.69) is 5.32 Å². The average molecular weight is 283 g/mol. The van der Waals surface area contributed by atoms with Crippen LogP contribution in [0.25, 0.3) is 0 Å².